The molecule has 0 saturated carbocycles. The normalized spacial score (nSPS) is 15.9. The van der Waals surface area contributed by atoms with Gasteiger partial charge in [0, 0.05) is 42.3 Å². The van der Waals surface area contributed by atoms with Crippen LogP contribution in [0.4, 0.5) is 5.69 Å². The smallest absolute Gasteiger partial charge is 0.290 e. The first kappa shape index (κ1) is 22.9. The fraction of sp³-hybridized carbons (Fsp3) is 0.333. The van der Waals surface area contributed by atoms with E-state index in [9.17, 15) is 9.90 Å². The van der Waals surface area contributed by atoms with Crippen LogP contribution in [0.3, 0.4) is 0 Å². The van der Waals surface area contributed by atoms with Crippen molar-refractivity contribution in [2.45, 2.75) is 32.6 Å². The summed E-state index contributed by atoms with van der Waals surface area (Å²) >= 11 is 3.52. The molecule has 0 aromatic heterocycles. The number of β-amino-alcohol motifs (C(OH)–C–C–N with tert-alkyl or cyclic N) is 1. The molecule has 3 N–H and O–H groups in total. The average Bonchev–Trinajstić information content (AvgIpc) is 3.06. The van der Waals surface area contributed by atoms with Crippen molar-refractivity contribution in [2.75, 3.05) is 18.4 Å². The SMILES string of the molecule is CC(=O)Nc1cccc(COc2ccc(Br)cc2CN2CC[C@H](O)C2)c1.O=CO. The van der Waals surface area contributed by atoms with Gasteiger partial charge in [0.2, 0.25) is 5.91 Å². The van der Waals surface area contributed by atoms with Crippen LogP contribution in [-0.4, -0.2) is 46.7 Å². The molecule has 1 fully saturated rings. The molecule has 8 heteroatoms. The maximum Gasteiger partial charge on any atom is 0.290 e. The summed E-state index contributed by atoms with van der Waals surface area (Å²) in [7, 11) is 0. The summed E-state index contributed by atoms with van der Waals surface area (Å²) in [4.78, 5) is 21.8. The van der Waals surface area contributed by atoms with E-state index in [2.05, 4.69) is 32.2 Å². The van der Waals surface area contributed by atoms with Crippen molar-refractivity contribution in [3.8, 4) is 5.75 Å². The summed E-state index contributed by atoms with van der Waals surface area (Å²) < 4.78 is 7.06. The van der Waals surface area contributed by atoms with Crippen LogP contribution < -0.4 is 10.1 Å². The number of amides is 1. The van der Waals surface area contributed by atoms with Crippen molar-refractivity contribution < 1.29 is 24.5 Å². The van der Waals surface area contributed by atoms with Crippen molar-refractivity contribution >= 4 is 34.0 Å². The second kappa shape index (κ2) is 11.5. The fourth-order valence-electron chi connectivity index (χ4n) is 3.11. The first-order valence-corrected chi connectivity index (χ1v) is 9.96. The second-order valence-corrected chi connectivity index (χ2v) is 7.62. The van der Waals surface area contributed by atoms with Crippen LogP contribution in [0.25, 0.3) is 0 Å². The summed E-state index contributed by atoms with van der Waals surface area (Å²) in [5.41, 5.74) is 2.84. The Kier molecular flexibility index (Phi) is 9.11. The van der Waals surface area contributed by atoms with Gasteiger partial charge in [-0.3, -0.25) is 14.5 Å². The molecule has 1 amide bonds. The highest BCUT2D eigenvalue weighted by Crippen LogP contribution is 2.27. The third-order valence-corrected chi connectivity index (χ3v) is 4.80. The highest BCUT2D eigenvalue weighted by Gasteiger charge is 2.21. The maximum absolute atomic E-state index is 11.2. The average molecular weight is 465 g/mol. The Labute approximate surface area is 178 Å². The number of rotatable bonds is 6. The lowest BCUT2D eigenvalue weighted by molar-refractivity contribution is -0.123. The number of nitrogens with one attached hydrogen (secondary N) is 1. The number of carboxylic acid groups (broad SMARTS) is 1. The van der Waals surface area contributed by atoms with E-state index in [1.54, 1.807) is 0 Å². The Balaban J connectivity index is 0.000000941. The molecule has 1 saturated heterocycles. The van der Waals surface area contributed by atoms with E-state index in [-0.39, 0.29) is 18.5 Å². The van der Waals surface area contributed by atoms with Crippen molar-refractivity contribution in [1.82, 2.24) is 4.90 Å². The minimum absolute atomic E-state index is 0.0916. The number of anilines is 1. The number of ether oxygens (including phenoxy) is 1. The maximum atomic E-state index is 11.2. The van der Waals surface area contributed by atoms with Gasteiger partial charge in [-0.2, -0.15) is 0 Å². The number of benzene rings is 2. The largest absolute Gasteiger partial charge is 0.489 e. The van der Waals surface area contributed by atoms with Crippen LogP contribution in [0.15, 0.2) is 46.9 Å². The predicted molar refractivity (Wildman–Crippen MR) is 114 cm³/mol. The van der Waals surface area contributed by atoms with Gasteiger partial charge in [0.25, 0.3) is 6.47 Å². The minimum Gasteiger partial charge on any atom is -0.489 e. The van der Waals surface area contributed by atoms with Gasteiger partial charge in [-0.05, 0) is 42.3 Å². The minimum atomic E-state index is -0.250. The van der Waals surface area contributed by atoms with Gasteiger partial charge in [0.15, 0.2) is 0 Å². The number of aliphatic hydroxyl groups is 1. The molecule has 7 nitrogen and oxygen atoms in total. The number of likely N-dealkylation sites (tertiary alicyclic amines) is 1. The molecule has 0 bridgehead atoms. The van der Waals surface area contributed by atoms with Crippen LogP contribution in [0.2, 0.25) is 0 Å². The first-order valence-electron chi connectivity index (χ1n) is 9.17. The van der Waals surface area contributed by atoms with Gasteiger partial charge in [-0.25, -0.2) is 0 Å². The van der Waals surface area contributed by atoms with Gasteiger partial charge in [-0.1, -0.05) is 28.1 Å². The zero-order chi connectivity index (χ0) is 21.2. The molecule has 156 valence electrons. The molecule has 1 atom stereocenters. The molecule has 1 aliphatic rings. The quantitative estimate of drug-likeness (QED) is 0.567. The molecule has 0 aliphatic carbocycles. The van der Waals surface area contributed by atoms with Gasteiger partial charge < -0.3 is 20.3 Å². The number of hydrogen-bond acceptors (Lipinski definition) is 5. The molecule has 2 aromatic rings. The monoisotopic (exact) mass is 464 g/mol. The van der Waals surface area contributed by atoms with Crippen molar-refractivity contribution in [2.24, 2.45) is 0 Å². The lowest BCUT2D eigenvalue weighted by Crippen LogP contribution is -2.21. The summed E-state index contributed by atoms with van der Waals surface area (Å²) in [6, 6.07) is 13.6. The molecule has 29 heavy (non-hydrogen) atoms. The zero-order valence-electron chi connectivity index (χ0n) is 16.2. The van der Waals surface area contributed by atoms with Gasteiger partial charge in [0.05, 0.1) is 6.10 Å². The number of carbonyl (C=O) groups is 2. The van der Waals surface area contributed by atoms with E-state index in [1.165, 1.54) is 6.92 Å². The number of halogens is 1. The highest BCUT2D eigenvalue weighted by molar-refractivity contribution is 9.10. The van der Waals surface area contributed by atoms with Gasteiger partial charge >= 0.3 is 0 Å². The van der Waals surface area contributed by atoms with Gasteiger partial charge in [0.1, 0.15) is 12.4 Å². The van der Waals surface area contributed by atoms with E-state index in [4.69, 9.17) is 14.6 Å². The lowest BCUT2D eigenvalue weighted by Gasteiger charge is -2.18. The van der Waals surface area contributed by atoms with Crippen LogP contribution in [0.1, 0.15) is 24.5 Å². The second-order valence-electron chi connectivity index (χ2n) is 6.71. The predicted octanol–water partition coefficient (Wildman–Crippen LogP) is 3.25. The molecular formula is C21H25BrN2O5. The topological polar surface area (TPSA) is 99.1 Å². The Bertz CT molecular complexity index is 830. The van der Waals surface area contributed by atoms with Crippen LogP contribution in [0, 0.1) is 0 Å². The number of aliphatic hydroxyl groups excluding tert-OH is 1. The Hall–Kier alpha value is -2.42. The van der Waals surface area contributed by atoms with E-state index in [0.717, 1.165) is 46.5 Å². The van der Waals surface area contributed by atoms with Crippen molar-refractivity contribution in [3.05, 3.63) is 58.1 Å². The first-order chi connectivity index (χ1) is 13.9. The zero-order valence-corrected chi connectivity index (χ0v) is 17.8. The summed E-state index contributed by atoms with van der Waals surface area (Å²) in [5, 5.41) is 19.4. The number of carbonyl (C=O) groups excluding carboxylic acids is 1. The van der Waals surface area contributed by atoms with E-state index in [0.29, 0.717) is 13.2 Å². The Morgan fingerprint density at radius 2 is 2.10 bits per heavy atom. The third kappa shape index (κ3) is 7.84. The summed E-state index contributed by atoms with van der Waals surface area (Å²) in [5.74, 6) is 0.741. The molecule has 1 heterocycles. The number of hydrogen-bond donors (Lipinski definition) is 3. The Morgan fingerprint density at radius 1 is 1.34 bits per heavy atom. The Morgan fingerprint density at radius 3 is 2.76 bits per heavy atom. The number of nitrogens with zero attached hydrogens (tertiary/aromatic N) is 1. The van der Waals surface area contributed by atoms with Crippen LogP contribution in [0.5, 0.6) is 5.75 Å². The third-order valence-electron chi connectivity index (χ3n) is 4.31. The molecule has 3 rings (SSSR count). The highest BCUT2D eigenvalue weighted by atomic mass is 79.9. The standard InChI is InChI=1S/C20H23BrN2O3.CH2O2/c1-14(24)22-18-4-2-3-15(9-18)13-26-20-6-5-17(21)10-16(20)11-23-8-7-19(25)12-23;2-1-3/h2-6,9-10,19,25H,7-8,11-13H2,1H3,(H,22,24);1H,(H,2,3)/t19-;/m0./s1. The van der Waals surface area contributed by atoms with Crippen LogP contribution in [-0.2, 0) is 22.7 Å². The van der Waals surface area contributed by atoms with Crippen molar-refractivity contribution in [1.29, 1.82) is 0 Å². The molecule has 2 aromatic carbocycles. The van der Waals surface area contributed by atoms with E-state index >= 15 is 0 Å². The molecule has 0 spiro atoms. The van der Waals surface area contributed by atoms with Crippen LogP contribution >= 0.6 is 15.9 Å². The summed E-state index contributed by atoms with van der Waals surface area (Å²) in [6.07, 6.45) is 0.586. The summed E-state index contributed by atoms with van der Waals surface area (Å²) in [6.45, 7) is 4.01. The molecular weight excluding hydrogens is 440 g/mol. The van der Waals surface area contributed by atoms with Crippen molar-refractivity contribution in [3.63, 3.8) is 0 Å². The van der Waals surface area contributed by atoms with E-state index < -0.39 is 0 Å². The van der Waals surface area contributed by atoms with E-state index in [1.807, 2.05) is 36.4 Å². The lowest BCUT2D eigenvalue weighted by atomic mass is 10.2. The molecule has 1 aliphatic heterocycles. The fourth-order valence-corrected chi connectivity index (χ4v) is 3.52. The molecule has 0 unspecified atom stereocenters. The van der Waals surface area contributed by atoms with Gasteiger partial charge in [-0.15, -0.1) is 0 Å². The molecule has 0 radical (unpaired) electrons.